The number of aromatic nitrogens is 3. The fraction of sp³-hybridized carbons (Fsp3) is 0.596. The van der Waals surface area contributed by atoms with Crippen LogP contribution in [0.2, 0.25) is 0 Å². The van der Waals surface area contributed by atoms with Crippen LogP contribution in [0, 0.1) is 29.4 Å². The van der Waals surface area contributed by atoms with Gasteiger partial charge in [-0.2, -0.15) is 0 Å². The largest absolute Gasteiger partial charge is 0.352 e. The van der Waals surface area contributed by atoms with Crippen LogP contribution < -0.4 is 10.6 Å². The second-order valence-electron chi connectivity index (χ2n) is 18.0. The highest BCUT2D eigenvalue weighted by molar-refractivity contribution is 5.93. The number of nitrogens with one attached hydrogen (secondary N) is 3. The molecule has 11 nitrogen and oxygen atoms in total. The fourth-order valence-corrected chi connectivity index (χ4v) is 9.98. The number of aromatic amines is 1. The number of Topliss-reactive ketones (excluding diaryl/α,β-unsaturated/α-hetero) is 1. The Hall–Kier alpha value is -4.79. The molecule has 2 aromatic carbocycles. The second kappa shape index (κ2) is 19.3. The van der Waals surface area contributed by atoms with Crippen molar-refractivity contribution in [3.63, 3.8) is 0 Å². The van der Waals surface area contributed by atoms with Crippen LogP contribution in [-0.2, 0) is 32.1 Å². The van der Waals surface area contributed by atoms with E-state index >= 15 is 8.78 Å². The Bertz CT molecular complexity index is 2270. The molecule has 62 heavy (non-hydrogen) atoms. The first kappa shape index (κ1) is 45.2. The van der Waals surface area contributed by atoms with Gasteiger partial charge in [0.15, 0.2) is 5.82 Å². The van der Waals surface area contributed by atoms with Crippen molar-refractivity contribution in [1.29, 1.82) is 0 Å². The molecule has 0 bridgehead atoms. The Kier molecular flexibility index (Phi) is 14.1. The highest BCUT2D eigenvalue weighted by atomic mass is 19.1. The van der Waals surface area contributed by atoms with Crippen molar-refractivity contribution in [2.45, 2.75) is 141 Å². The molecule has 8 unspecified atom stereocenters. The summed E-state index contributed by atoms with van der Waals surface area (Å²) in [6.45, 7) is 7.02. The summed E-state index contributed by atoms with van der Waals surface area (Å²) >= 11 is 0. The molecule has 7 rings (SSSR count). The molecule has 1 saturated carbocycles. The Morgan fingerprint density at radius 3 is 2.21 bits per heavy atom. The summed E-state index contributed by atoms with van der Waals surface area (Å²) in [5.41, 5.74) is 2.33. The van der Waals surface area contributed by atoms with Gasteiger partial charge in [-0.15, -0.1) is 0 Å². The number of alkyl halides is 2. The Morgan fingerprint density at radius 2 is 1.53 bits per heavy atom. The molecule has 2 aliphatic heterocycles. The number of ketones is 1. The standard InChI is InChI=1S/C47H61F4N7O4/c1-6-26(3)45(60)55-38(7-2)47(62)57-24-32(51)18-34(57)25-58-41-16-14-30(49)20-40(41)54-44(58)43-37(35-15-13-29(48)19-39(35)53-43)21-33-17-31(50)23-56(33)46(61)36(22-42(59)27(4)52-5)28-11-9-8-10-12-28/h13-16,19-20,26-28,31-34,36,38,52-53H,6-12,17-18,21-25H2,1-5H3,(H,55,60). The number of imidazole rings is 1. The van der Waals surface area contributed by atoms with Crippen LogP contribution in [0.4, 0.5) is 17.6 Å². The van der Waals surface area contributed by atoms with Crippen molar-refractivity contribution < 1.29 is 36.7 Å². The van der Waals surface area contributed by atoms with E-state index in [9.17, 15) is 28.0 Å². The molecule has 4 heterocycles. The average Bonchev–Trinajstić information content (AvgIpc) is 4.03. The Labute approximate surface area is 360 Å². The number of fused-ring (bicyclic) bond motifs is 2. The highest BCUT2D eigenvalue weighted by Crippen LogP contribution is 2.39. The van der Waals surface area contributed by atoms with E-state index in [4.69, 9.17) is 4.98 Å². The molecule has 4 aromatic rings. The van der Waals surface area contributed by atoms with Crippen LogP contribution in [0.3, 0.4) is 0 Å². The maximum Gasteiger partial charge on any atom is 0.245 e. The molecule has 0 radical (unpaired) electrons. The molecule has 2 saturated heterocycles. The van der Waals surface area contributed by atoms with E-state index in [1.807, 2.05) is 11.5 Å². The molecule has 1 aliphatic carbocycles. The number of hydrogen-bond acceptors (Lipinski definition) is 6. The Balaban J connectivity index is 1.27. The number of nitrogens with zero attached hydrogens (tertiary/aromatic N) is 4. The summed E-state index contributed by atoms with van der Waals surface area (Å²) in [7, 11) is 1.71. The molecule has 3 fully saturated rings. The lowest BCUT2D eigenvalue weighted by molar-refractivity contribution is -0.141. The van der Waals surface area contributed by atoms with E-state index in [2.05, 4.69) is 15.6 Å². The van der Waals surface area contributed by atoms with Crippen molar-refractivity contribution in [3.05, 3.63) is 53.6 Å². The third kappa shape index (κ3) is 9.42. The van der Waals surface area contributed by atoms with Gasteiger partial charge in [-0.1, -0.05) is 40.0 Å². The number of carbonyl (C=O) groups is 4. The number of H-pyrrole nitrogens is 1. The van der Waals surface area contributed by atoms with Crippen LogP contribution in [-0.4, -0.2) is 104 Å². The zero-order valence-corrected chi connectivity index (χ0v) is 36.5. The molecule has 2 aromatic heterocycles. The van der Waals surface area contributed by atoms with Gasteiger partial charge in [0.05, 0.1) is 41.9 Å². The zero-order valence-electron chi connectivity index (χ0n) is 36.5. The highest BCUT2D eigenvalue weighted by Gasteiger charge is 2.43. The van der Waals surface area contributed by atoms with Gasteiger partial charge in [-0.3, -0.25) is 19.2 Å². The van der Waals surface area contributed by atoms with E-state index in [1.54, 1.807) is 44.9 Å². The third-order valence-electron chi connectivity index (χ3n) is 13.9. The number of rotatable bonds is 16. The molecule has 336 valence electrons. The molecular weight excluding hydrogens is 803 g/mol. The minimum atomic E-state index is -1.33. The number of hydrogen-bond donors (Lipinski definition) is 3. The molecule has 3 N–H and O–H groups in total. The summed E-state index contributed by atoms with van der Waals surface area (Å²) in [5.74, 6) is -2.54. The number of likely N-dealkylation sites (tertiary alicyclic amines) is 2. The van der Waals surface area contributed by atoms with E-state index in [0.29, 0.717) is 51.9 Å². The molecule has 8 atom stereocenters. The van der Waals surface area contributed by atoms with Gasteiger partial charge < -0.3 is 30.0 Å². The lowest BCUT2D eigenvalue weighted by Crippen LogP contribution is -2.51. The lowest BCUT2D eigenvalue weighted by atomic mass is 9.76. The third-order valence-corrected chi connectivity index (χ3v) is 13.9. The zero-order chi connectivity index (χ0) is 44.4. The van der Waals surface area contributed by atoms with Gasteiger partial charge in [-0.05, 0) is 87.9 Å². The van der Waals surface area contributed by atoms with Crippen molar-refractivity contribution in [2.24, 2.45) is 17.8 Å². The fourth-order valence-electron chi connectivity index (χ4n) is 9.98. The van der Waals surface area contributed by atoms with Crippen molar-refractivity contribution in [3.8, 4) is 11.5 Å². The van der Waals surface area contributed by atoms with E-state index in [1.165, 1.54) is 29.2 Å². The number of likely N-dealkylation sites (N-methyl/N-ethyl adjacent to an activating group) is 1. The summed E-state index contributed by atoms with van der Waals surface area (Å²) in [4.78, 5) is 66.4. The number of carbonyl (C=O) groups excluding carboxylic acids is 4. The maximum absolute atomic E-state index is 15.7. The second-order valence-corrected chi connectivity index (χ2v) is 18.0. The van der Waals surface area contributed by atoms with Gasteiger partial charge in [0.2, 0.25) is 17.7 Å². The molecule has 0 spiro atoms. The smallest absolute Gasteiger partial charge is 0.245 e. The van der Waals surface area contributed by atoms with Crippen LogP contribution in [0.5, 0.6) is 0 Å². The van der Waals surface area contributed by atoms with E-state index in [-0.39, 0.29) is 74.8 Å². The van der Waals surface area contributed by atoms with Gasteiger partial charge in [0, 0.05) is 60.7 Å². The minimum Gasteiger partial charge on any atom is -0.352 e. The normalized spacial score (nSPS) is 22.9. The van der Waals surface area contributed by atoms with Gasteiger partial charge in [0.1, 0.15) is 35.8 Å². The maximum atomic E-state index is 15.7. The minimum absolute atomic E-state index is 0.00484. The first-order valence-corrected chi connectivity index (χ1v) is 22.6. The van der Waals surface area contributed by atoms with Crippen LogP contribution >= 0.6 is 0 Å². The first-order valence-electron chi connectivity index (χ1n) is 22.6. The lowest BCUT2D eigenvalue weighted by Gasteiger charge is -2.35. The van der Waals surface area contributed by atoms with Gasteiger partial charge in [-0.25, -0.2) is 22.5 Å². The molecular formula is C47H61F4N7O4. The average molecular weight is 864 g/mol. The summed E-state index contributed by atoms with van der Waals surface area (Å²) in [5, 5.41) is 6.48. The number of benzene rings is 2. The van der Waals surface area contributed by atoms with Crippen LogP contribution in [0.1, 0.15) is 97.5 Å². The van der Waals surface area contributed by atoms with Crippen molar-refractivity contribution in [2.75, 3.05) is 20.1 Å². The topological polar surface area (TPSA) is 132 Å². The molecule has 15 heteroatoms. The Morgan fingerprint density at radius 1 is 0.871 bits per heavy atom. The molecule has 3 aliphatic rings. The number of halogens is 4. The van der Waals surface area contributed by atoms with E-state index in [0.717, 1.165) is 32.1 Å². The number of amides is 3. The quantitative estimate of drug-likeness (QED) is 0.0996. The summed E-state index contributed by atoms with van der Waals surface area (Å²) in [6, 6.07) is 5.91. The predicted molar refractivity (Wildman–Crippen MR) is 231 cm³/mol. The predicted octanol–water partition coefficient (Wildman–Crippen LogP) is 7.59. The van der Waals surface area contributed by atoms with E-state index < -0.39 is 60.0 Å². The summed E-state index contributed by atoms with van der Waals surface area (Å²) in [6.07, 6.45) is 3.21. The van der Waals surface area contributed by atoms with Crippen molar-refractivity contribution >= 4 is 45.4 Å². The SMILES string of the molecule is CCC(C)C(=O)NC(CC)C(=O)N1CC(F)CC1Cn1c(-c2[nH]c3cc(F)ccc3c2CC2CC(F)CN2C(=O)C(CC(=O)C(C)NC)C2CCCCC2)nc2cc(F)ccc21. The summed E-state index contributed by atoms with van der Waals surface area (Å²) < 4.78 is 62.7. The van der Waals surface area contributed by atoms with Gasteiger partial charge >= 0.3 is 0 Å². The van der Waals surface area contributed by atoms with Crippen molar-refractivity contribution in [1.82, 2.24) is 35.0 Å². The monoisotopic (exact) mass is 863 g/mol. The first-order chi connectivity index (χ1) is 29.7. The van der Waals surface area contributed by atoms with Crippen LogP contribution in [0.15, 0.2) is 36.4 Å². The molecule has 3 amide bonds. The van der Waals surface area contributed by atoms with Crippen LogP contribution in [0.25, 0.3) is 33.5 Å². The van der Waals surface area contributed by atoms with Gasteiger partial charge in [0.25, 0.3) is 0 Å².